The van der Waals surface area contributed by atoms with Crippen LogP contribution in [0.15, 0.2) is 48.5 Å². The number of methoxy groups -OCH3 is 1. The molecule has 2 saturated heterocycles. The average molecular weight is 407 g/mol. The summed E-state index contributed by atoms with van der Waals surface area (Å²) in [5, 5.41) is 0. The zero-order valence-electron chi connectivity index (χ0n) is 17.0. The Labute approximate surface area is 175 Å². The van der Waals surface area contributed by atoms with Crippen molar-refractivity contribution in [3.05, 3.63) is 59.7 Å². The van der Waals surface area contributed by atoms with Crippen LogP contribution in [0.5, 0.6) is 0 Å². The van der Waals surface area contributed by atoms with Gasteiger partial charge in [0.05, 0.1) is 38.3 Å². The van der Waals surface area contributed by atoms with Gasteiger partial charge in [-0.1, -0.05) is 48.5 Å². The molecule has 5 rings (SSSR count). The molecule has 1 amide bonds. The summed E-state index contributed by atoms with van der Waals surface area (Å²) < 4.78 is 16.4. The van der Waals surface area contributed by atoms with Gasteiger partial charge in [0.2, 0.25) is 0 Å². The summed E-state index contributed by atoms with van der Waals surface area (Å²) in [6, 6.07) is 16.3. The molecule has 2 aromatic rings. The van der Waals surface area contributed by atoms with Crippen LogP contribution in [0.3, 0.4) is 0 Å². The largest absolute Gasteiger partial charge is 0.469 e. The van der Waals surface area contributed by atoms with E-state index < -0.39 is 0 Å². The lowest BCUT2D eigenvalue weighted by molar-refractivity contribution is -0.153. The molecule has 2 aliphatic heterocycles. The summed E-state index contributed by atoms with van der Waals surface area (Å²) in [4.78, 5) is 26.9. The number of rotatable bonds is 3. The fraction of sp³-hybridized carbons (Fsp3) is 0.417. The highest BCUT2D eigenvalue weighted by molar-refractivity contribution is 5.79. The quantitative estimate of drug-likeness (QED) is 0.728. The van der Waals surface area contributed by atoms with Crippen molar-refractivity contribution < 1.29 is 23.8 Å². The molecule has 6 nitrogen and oxygen atoms in total. The highest BCUT2D eigenvalue weighted by atomic mass is 16.6. The van der Waals surface area contributed by atoms with Gasteiger partial charge in [0.1, 0.15) is 6.61 Å². The van der Waals surface area contributed by atoms with Crippen molar-refractivity contribution in [3.8, 4) is 11.1 Å². The number of hydrogen-bond acceptors (Lipinski definition) is 5. The maximum Gasteiger partial charge on any atom is 0.410 e. The molecular formula is C24H25NO5. The number of fused-ring (bicyclic) bond motifs is 5. The van der Waals surface area contributed by atoms with E-state index in [1.54, 1.807) is 4.90 Å². The fourth-order valence-corrected chi connectivity index (χ4v) is 5.24. The first-order chi connectivity index (χ1) is 14.7. The van der Waals surface area contributed by atoms with E-state index in [1.165, 1.54) is 29.4 Å². The molecule has 3 aliphatic rings. The third-order valence-corrected chi connectivity index (χ3v) is 6.60. The summed E-state index contributed by atoms with van der Waals surface area (Å²) in [6.07, 6.45) is 0.777. The minimum absolute atomic E-state index is 0.0325. The monoisotopic (exact) mass is 407 g/mol. The van der Waals surface area contributed by atoms with E-state index in [2.05, 4.69) is 24.3 Å². The molecule has 0 saturated carbocycles. The van der Waals surface area contributed by atoms with Crippen molar-refractivity contribution in [1.82, 2.24) is 4.90 Å². The molecule has 30 heavy (non-hydrogen) atoms. The number of piperidine rings is 1. The number of carbonyl (C=O) groups is 2. The number of hydrogen-bond donors (Lipinski definition) is 0. The Morgan fingerprint density at radius 1 is 0.967 bits per heavy atom. The third kappa shape index (κ3) is 3.16. The Bertz CT molecular complexity index is 914. The zero-order valence-corrected chi connectivity index (χ0v) is 17.0. The van der Waals surface area contributed by atoms with Crippen LogP contribution in [0.2, 0.25) is 0 Å². The van der Waals surface area contributed by atoms with E-state index in [9.17, 15) is 9.59 Å². The van der Waals surface area contributed by atoms with Crippen molar-refractivity contribution in [3.63, 3.8) is 0 Å². The summed E-state index contributed by atoms with van der Waals surface area (Å²) in [5.74, 6) is -0.365. The van der Waals surface area contributed by atoms with E-state index in [-0.39, 0.29) is 36.0 Å². The lowest BCUT2D eigenvalue weighted by atomic mass is 9.85. The van der Waals surface area contributed by atoms with E-state index in [4.69, 9.17) is 14.2 Å². The van der Waals surface area contributed by atoms with Crippen molar-refractivity contribution >= 4 is 12.1 Å². The lowest BCUT2D eigenvalue weighted by Crippen LogP contribution is -2.60. The maximum absolute atomic E-state index is 13.1. The van der Waals surface area contributed by atoms with Crippen molar-refractivity contribution in [1.29, 1.82) is 0 Å². The number of morpholine rings is 1. The third-order valence-electron chi connectivity index (χ3n) is 6.60. The second-order valence-electron chi connectivity index (χ2n) is 8.25. The van der Waals surface area contributed by atoms with Crippen LogP contribution in [-0.4, -0.2) is 56.0 Å². The molecule has 2 atom stereocenters. The van der Waals surface area contributed by atoms with Gasteiger partial charge in [-0.15, -0.1) is 0 Å². The van der Waals surface area contributed by atoms with Gasteiger partial charge in [-0.05, 0) is 35.1 Å². The van der Waals surface area contributed by atoms with Crippen LogP contribution >= 0.6 is 0 Å². The van der Waals surface area contributed by atoms with Gasteiger partial charge in [-0.3, -0.25) is 9.69 Å². The van der Waals surface area contributed by atoms with Gasteiger partial charge in [-0.2, -0.15) is 0 Å². The Morgan fingerprint density at radius 3 is 2.10 bits per heavy atom. The van der Waals surface area contributed by atoms with Crippen LogP contribution in [-0.2, 0) is 19.0 Å². The first kappa shape index (κ1) is 19.1. The van der Waals surface area contributed by atoms with Crippen molar-refractivity contribution in [2.45, 2.75) is 30.8 Å². The molecule has 0 radical (unpaired) electrons. The molecule has 0 spiro atoms. The number of benzene rings is 2. The molecule has 0 aromatic heterocycles. The number of esters is 1. The molecule has 156 valence electrons. The number of nitrogens with zero attached hydrogens (tertiary/aromatic N) is 1. The standard InChI is InChI=1S/C24H25NO5/c1-28-23(26)15-10-16-12-29-13-17(11-15)25(16)24(27)30-14-22-20-8-4-2-6-18(20)19-7-3-5-9-21(19)22/h2-9,15-17,22H,10-14H2,1H3. The summed E-state index contributed by atoms with van der Waals surface area (Å²) in [7, 11) is 1.41. The van der Waals surface area contributed by atoms with Crippen molar-refractivity contribution in [2.75, 3.05) is 26.9 Å². The summed E-state index contributed by atoms with van der Waals surface area (Å²) in [6.45, 7) is 1.15. The Balaban J connectivity index is 1.32. The van der Waals surface area contributed by atoms with E-state index >= 15 is 0 Å². The normalized spacial score (nSPS) is 24.7. The van der Waals surface area contributed by atoms with Gasteiger partial charge in [-0.25, -0.2) is 4.79 Å². The van der Waals surface area contributed by atoms with Crippen LogP contribution < -0.4 is 0 Å². The SMILES string of the molecule is COC(=O)C1CC2COCC(C1)N2C(=O)OCC1c2ccccc2-c2ccccc21. The molecule has 2 aromatic carbocycles. The van der Waals surface area contributed by atoms with Gasteiger partial charge in [0, 0.05) is 5.92 Å². The zero-order chi connectivity index (χ0) is 20.7. The second-order valence-corrected chi connectivity index (χ2v) is 8.25. The number of carbonyl (C=O) groups excluding carboxylic acids is 2. The van der Waals surface area contributed by atoms with E-state index in [0.29, 0.717) is 32.7 Å². The first-order valence-corrected chi connectivity index (χ1v) is 10.5. The van der Waals surface area contributed by atoms with Crippen molar-refractivity contribution in [2.24, 2.45) is 5.92 Å². The summed E-state index contributed by atoms with van der Waals surface area (Å²) in [5.41, 5.74) is 4.80. The maximum atomic E-state index is 13.1. The smallest absolute Gasteiger partial charge is 0.410 e. The van der Waals surface area contributed by atoms with Crippen LogP contribution in [0.25, 0.3) is 11.1 Å². The molecule has 0 N–H and O–H groups in total. The van der Waals surface area contributed by atoms with Crippen LogP contribution in [0, 0.1) is 5.92 Å². The predicted molar refractivity (Wildman–Crippen MR) is 110 cm³/mol. The van der Waals surface area contributed by atoms with Gasteiger partial charge < -0.3 is 14.2 Å². The first-order valence-electron chi connectivity index (χ1n) is 10.5. The van der Waals surface area contributed by atoms with E-state index in [0.717, 1.165) is 0 Å². The minimum atomic E-state index is -0.321. The van der Waals surface area contributed by atoms with E-state index in [1.807, 2.05) is 24.3 Å². The number of amides is 1. The topological polar surface area (TPSA) is 65.1 Å². The minimum Gasteiger partial charge on any atom is -0.469 e. The average Bonchev–Trinajstić information content (AvgIpc) is 3.10. The molecule has 2 fully saturated rings. The van der Waals surface area contributed by atoms with Gasteiger partial charge >= 0.3 is 12.1 Å². The Morgan fingerprint density at radius 2 is 1.53 bits per heavy atom. The highest BCUT2D eigenvalue weighted by Gasteiger charge is 2.45. The van der Waals surface area contributed by atoms with Crippen LogP contribution in [0.4, 0.5) is 4.79 Å². The molecule has 2 heterocycles. The molecule has 6 heteroatoms. The molecule has 2 bridgehead atoms. The predicted octanol–water partition coefficient (Wildman–Crippen LogP) is 3.59. The lowest BCUT2D eigenvalue weighted by Gasteiger charge is -2.46. The van der Waals surface area contributed by atoms with Gasteiger partial charge in [0.25, 0.3) is 0 Å². The van der Waals surface area contributed by atoms with Crippen LogP contribution in [0.1, 0.15) is 29.9 Å². The Hall–Kier alpha value is -2.86. The molecule has 1 aliphatic carbocycles. The highest BCUT2D eigenvalue weighted by Crippen LogP contribution is 2.44. The fourth-order valence-electron chi connectivity index (χ4n) is 5.24. The number of ether oxygens (including phenoxy) is 3. The molecular weight excluding hydrogens is 382 g/mol. The second kappa shape index (κ2) is 7.76. The molecule has 2 unspecified atom stereocenters. The Kier molecular flexibility index (Phi) is 4.95. The summed E-state index contributed by atoms with van der Waals surface area (Å²) >= 11 is 0. The van der Waals surface area contributed by atoms with Gasteiger partial charge in [0.15, 0.2) is 0 Å².